The van der Waals surface area contributed by atoms with Crippen LogP contribution >= 0.6 is 23.1 Å². The summed E-state index contributed by atoms with van der Waals surface area (Å²) in [5, 5.41) is 11.4. The van der Waals surface area contributed by atoms with E-state index in [2.05, 4.69) is 30.6 Å². The van der Waals surface area contributed by atoms with Crippen LogP contribution in [-0.2, 0) is 17.8 Å². The second kappa shape index (κ2) is 8.44. The van der Waals surface area contributed by atoms with Gasteiger partial charge in [0.15, 0.2) is 5.16 Å². The summed E-state index contributed by atoms with van der Waals surface area (Å²) in [6, 6.07) is 0. The zero-order chi connectivity index (χ0) is 19.7. The van der Waals surface area contributed by atoms with Crippen LogP contribution in [0.25, 0.3) is 10.2 Å². The molecule has 2 aromatic heterocycles. The number of aliphatic hydroxyl groups excluding tert-OH is 1. The summed E-state index contributed by atoms with van der Waals surface area (Å²) in [6.45, 7) is 12.0. The van der Waals surface area contributed by atoms with Crippen molar-refractivity contribution in [3.8, 4) is 0 Å². The van der Waals surface area contributed by atoms with Gasteiger partial charge in [-0.05, 0) is 25.8 Å². The van der Waals surface area contributed by atoms with Crippen molar-refractivity contribution in [3.63, 3.8) is 0 Å². The molecular weight excluding hydrogens is 392 g/mol. The van der Waals surface area contributed by atoms with Gasteiger partial charge in [-0.1, -0.05) is 18.7 Å². The number of hydrogen-bond donors (Lipinski definition) is 1. The summed E-state index contributed by atoms with van der Waals surface area (Å²) in [4.78, 5) is 17.1. The molecule has 0 amide bonds. The number of nitrogens with zero attached hydrogens (tertiary/aromatic N) is 4. The molecule has 0 spiro atoms. The van der Waals surface area contributed by atoms with Gasteiger partial charge in [-0.25, -0.2) is 9.97 Å². The van der Waals surface area contributed by atoms with Gasteiger partial charge in [0.1, 0.15) is 10.6 Å². The Balaban J connectivity index is 1.73. The van der Waals surface area contributed by atoms with Gasteiger partial charge < -0.3 is 14.7 Å². The van der Waals surface area contributed by atoms with Crippen LogP contribution in [0.3, 0.4) is 0 Å². The van der Waals surface area contributed by atoms with Crippen LogP contribution < -0.4 is 4.90 Å². The van der Waals surface area contributed by atoms with E-state index in [-0.39, 0.29) is 12.2 Å². The standard InChI is InChI=1S/C20H30N4O2S2/c1-4-11-27-19-21-17(24-7-5-23(6-8-24)9-10-25)16-14-12-20(2,3)26-13-15(14)28-18(16)22-19/h25H,4-13H2,1-3H3. The van der Waals surface area contributed by atoms with E-state index in [1.807, 2.05) is 0 Å². The average molecular weight is 423 g/mol. The first-order chi connectivity index (χ1) is 13.5. The Hall–Kier alpha value is -0.930. The van der Waals surface area contributed by atoms with E-state index in [0.29, 0.717) is 6.61 Å². The highest BCUT2D eigenvalue weighted by atomic mass is 32.2. The summed E-state index contributed by atoms with van der Waals surface area (Å²) in [7, 11) is 0. The number of piperazine rings is 1. The number of rotatable bonds is 6. The van der Waals surface area contributed by atoms with Crippen molar-refractivity contribution < 1.29 is 9.84 Å². The first-order valence-electron chi connectivity index (χ1n) is 10.2. The molecule has 28 heavy (non-hydrogen) atoms. The molecule has 1 saturated heterocycles. The largest absolute Gasteiger partial charge is 0.395 e. The van der Waals surface area contributed by atoms with Crippen LogP contribution in [0.1, 0.15) is 37.6 Å². The second-order valence-corrected chi connectivity index (χ2v) is 10.3. The molecule has 0 aromatic carbocycles. The lowest BCUT2D eigenvalue weighted by atomic mass is 9.94. The highest BCUT2D eigenvalue weighted by molar-refractivity contribution is 7.99. The fourth-order valence-electron chi connectivity index (χ4n) is 3.92. The number of hydrogen-bond acceptors (Lipinski definition) is 8. The number of aromatic nitrogens is 2. The van der Waals surface area contributed by atoms with Crippen LogP contribution in [0, 0.1) is 0 Å². The monoisotopic (exact) mass is 422 g/mol. The third-order valence-electron chi connectivity index (χ3n) is 5.41. The van der Waals surface area contributed by atoms with Crippen molar-refractivity contribution in [2.75, 3.05) is 50.0 Å². The van der Waals surface area contributed by atoms with Crippen molar-refractivity contribution in [3.05, 3.63) is 10.4 Å². The maximum atomic E-state index is 9.23. The SMILES string of the molecule is CCCSc1nc(N2CCN(CCO)CC2)c2c3c(sc2n1)COC(C)(C)C3. The van der Waals surface area contributed by atoms with Gasteiger partial charge in [0.2, 0.25) is 0 Å². The molecule has 2 aliphatic rings. The van der Waals surface area contributed by atoms with E-state index in [1.165, 1.54) is 15.8 Å². The number of aliphatic hydroxyl groups is 1. The Labute approximate surface area is 175 Å². The normalized spacial score (nSPS) is 19.9. The summed E-state index contributed by atoms with van der Waals surface area (Å²) in [5.41, 5.74) is 1.24. The van der Waals surface area contributed by atoms with Gasteiger partial charge in [0.05, 0.1) is 24.2 Å². The van der Waals surface area contributed by atoms with Crippen molar-refractivity contribution in [2.45, 2.75) is 51.0 Å². The third-order valence-corrected chi connectivity index (χ3v) is 7.57. The van der Waals surface area contributed by atoms with Gasteiger partial charge in [-0.3, -0.25) is 4.90 Å². The van der Waals surface area contributed by atoms with Crippen LogP contribution in [0.2, 0.25) is 0 Å². The molecule has 0 aliphatic carbocycles. The zero-order valence-electron chi connectivity index (χ0n) is 17.0. The molecule has 0 bridgehead atoms. The van der Waals surface area contributed by atoms with Crippen molar-refractivity contribution in [2.24, 2.45) is 0 Å². The average Bonchev–Trinajstić information content (AvgIpc) is 3.03. The molecule has 2 aromatic rings. The minimum Gasteiger partial charge on any atom is -0.395 e. The topological polar surface area (TPSA) is 61.7 Å². The molecule has 6 nitrogen and oxygen atoms in total. The number of anilines is 1. The summed E-state index contributed by atoms with van der Waals surface area (Å²) >= 11 is 3.53. The number of fused-ring (bicyclic) bond motifs is 3. The molecule has 154 valence electrons. The van der Waals surface area contributed by atoms with Gasteiger partial charge in [0.25, 0.3) is 0 Å². The predicted molar refractivity (Wildman–Crippen MR) is 117 cm³/mol. The van der Waals surface area contributed by atoms with Crippen molar-refractivity contribution in [1.82, 2.24) is 14.9 Å². The van der Waals surface area contributed by atoms with E-state index in [1.54, 1.807) is 23.1 Å². The molecule has 2 aliphatic heterocycles. The van der Waals surface area contributed by atoms with Gasteiger partial charge in [-0.15, -0.1) is 11.3 Å². The minimum absolute atomic E-state index is 0.145. The quantitative estimate of drug-likeness (QED) is 0.567. The van der Waals surface area contributed by atoms with E-state index in [9.17, 15) is 5.11 Å². The Morgan fingerprint density at radius 3 is 2.71 bits per heavy atom. The highest BCUT2D eigenvalue weighted by Crippen LogP contribution is 2.42. The van der Waals surface area contributed by atoms with E-state index >= 15 is 0 Å². The molecule has 1 N–H and O–H groups in total. The van der Waals surface area contributed by atoms with Gasteiger partial charge >= 0.3 is 0 Å². The van der Waals surface area contributed by atoms with Crippen molar-refractivity contribution in [1.29, 1.82) is 0 Å². The lowest BCUT2D eigenvalue weighted by Crippen LogP contribution is -2.47. The minimum atomic E-state index is -0.145. The Bertz CT molecular complexity index is 831. The summed E-state index contributed by atoms with van der Waals surface area (Å²) in [5.74, 6) is 2.14. The molecule has 0 unspecified atom stereocenters. The summed E-state index contributed by atoms with van der Waals surface area (Å²) in [6.07, 6.45) is 2.02. The van der Waals surface area contributed by atoms with Gasteiger partial charge in [-0.2, -0.15) is 0 Å². The molecular formula is C20H30N4O2S2. The third kappa shape index (κ3) is 4.16. The highest BCUT2D eigenvalue weighted by Gasteiger charge is 2.32. The molecule has 0 radical (unpaired) electrons. The maximum absolute atomic E-state index is 9.23. The number of thioether (sulfide) groups is 1. The van der Waals surface area contributed by atoms with Crippen LogP contribution in [0.15, 0.2) is 5.16 Å². The molecule has 1 fully saturated rings. The van der Waals surface area contributed by atoms with E-state index in [0.717, 1.165) is 67.1 Å². The molecule has 4 heterocycles. The first kappa shape index (κ1) is 20.3. The lowest BCUT2D eigenvalue weighted by Gasteiger charge is -2.36. The van der Waals surface area contributed by atoms with Gasteiger partial charge in [0, 0.05) is 49.8 Å². The Kier molecular flexibility index (Phi) is 6.13. The maximum Gasteiger partial charge on any atom is 0.190 e. The number of thiophene rings is 1. The lowest BCUT2D eigenvalue weighted by molar-refractivity contribution is -0.0379. The molecule has 8 heteroatoms. The van der Waals surface area contributed by atoms with E-state index < -0.39 is 0 Å². The molecule has 0 saturated carbocycles. The number of ether oxygens (including phenoxy) is 1. The fraction of sp³-hybridized carbons (Fsp3) is 0.700. The predicted octanol–water partition coefficient (Wildman–Crippen LogP) is 3.16. The van der Waals surface area contributed by atoms with Crippen LogP contribution in [-0.4, -0.2) is 70.7 Å². The van der Waals surface area contributed by atoms with E-state index in [4.69, 9.17) is 14.7 Å². The van der Waals surface area contributed by atoms with Crippen LogP contribution in [0.5, 0.6) is 0 Å². The zero-order valence-corrected chi connectivity index (χ0v) is 18.7. The first-order valence-corrected chi connectivity index (χ1v) is 12.0. The molecule has 4 rings (SSSR count). The smallest absolute Gasteiger partial charge is 0.190 e. The second-order valence-electron chi connectivity index (χ2n) is 8.14. The molecule has 0 atom stereocenters. The van der Waals surface area contributed by atoms with Crippen LogP contribution in [0.4, 0.5) is 5.82 Å². The fourth-order valence-corrected chi connectivity index (χ4v) is 5.77. The Morgan fingerprint density at radius 1 is 1.21 bits per heavy atom. The number of β-amino-alcohol motifs (C(OH)–C–C–N with tert-alkyl or cyclic N) is 1. The summed E-state index contributed by atoms with van der Waals surface area (Å²) < 4.78 is 6.06. The van der Waals surface area contributed by atoms with Crippen molar-refractivity contribution >= 4 is 39.1 Å². The Morgan fingerprint density at radius 2 is 2.00 bits per heavy atom.